The Hall–Kier alpha value is 0.984. The van der Waals surface area contributed by atoms with Gasteiger partial charge >= 0.3 is 0 Å². The van der Waals surface area contributed by atoms with Gasteiger partial charge in [0.15, 0.2) is 6.29 Å². The largest absolute Gasteiger partial charge is 0.368 e. The average molecular weight is 516 g/mol. The molecule has 0 amide bonds. The zero-order valence-electron chi connectivity index (χ0n) is 23.3. The Kier molecular flexibility index (Phi) is 16.6. The summed E-state index contributed by atoms with van der Waals surface area (Å²) in [5, 5.41) is 13.1. The van der Waals surface area contributed by atoms with Crippen LogP contribution in [0.15, 0.2) is 0 Å². The van der Waals surface area contributed by atoms with Gasteiger partial charge in [-0.15, -0.1) is 0 Å². The molecular formula is C27H56NO2Y-. The minimum Gasteiger partial charge on any atom is -0.368 e. The quantitative estimate of drug-likeness (QED) is 0.367. The van der Waals surface area contributed by atoms with E-state index >= 15 is 0 Å². The van der Waals surface area contributed by atoms with Gasteiger partial charge in [-0.1, -0.05) is 94.4 Å². The molecule has 1 aliphatic heterocycles. The van der Waals surface area contributed by atoms with E-state index in [4.69, 9.17) is 4.74 Å². The Bertz CT molecular complexity index is 457. The molecule has 1 aliphatic rings. The topological polar surface area (TPSA) is 41.5 Å². The van der Waals surface area contributed by atoms with Gasteiger partial charge in [-0.25, -0.2) is 0 Å². The maximum Gasteiger partial charge on any atom is 0.157 e. The number of aliphatic hydroxyl groups excluding tert-OH is 1. The van der Waals surface area contributed by atoms with E-state index in [1.54, 1.807) is 0 Å². The predicted molar refractivity (Wildman–Crippen MR) is 132 cm³/mol. The first-order valence-corrected chi connectivity index (χ1v) is 12.3. The molecule has 1 radical (unpaired) electrons. The molecule has 2 N–H and O–H groups in total. The predicted octanol–water partition coefficient (Wildman–Crippen LogP) is 6.80. The molecule has 0 aliphatic carbocycles. The van der Waals surface area contributed by atoms with E-state index in [1.807, 2.05) is 7.05 Å². The molecule has 0 saturated carbocycles. The first-order valence-electron chi connectivity index (χ1n) is 12.3. The molecule has 8 unspecified atom stereocenters. The van der Waals surface area contributed by atoms with Gasteiger partial charge in [0, 0.05) is 38.6 Å². The zero-order chi connectivity index (χ0) is 23.9. The maximum atomic E-state index is 9.81. The molecule has 3 nitrogen and oxygen atoms in total. The number of rotatable bonds is 7. The summed E-state index contributed by atoms with van der Waals surface area (Å²) in [6.07, 6.45) is 4.35. The van der Waals surface area contributed by atoms with Crippen LogP contribution >= 0.6 is 0 Å². The molecule has 8 atom stereocenters. The van der Waals surface area contributed by atoms with Gasteiger partial charge in [-0.05, 0) is 43.2 Å². The molecular weight excluding hydrogens is 459 g/mol. The third-order valence-electron chi connectivity index (χ3n) is 7.18. The standard InChI is InChI=1S/C14H30N.C13H26O2.Y/c1-11(8-9-14(4,5)6)13(3)12(2)10-15-7;1-8-9(2)11(7-13(4,5)6)15-12(14)10(8)3;/h8,11-13,15H,9-10H2,1-7H3;8-12,14H,7H2,1-6H3;/q-1;;. The second kappa shape index (κ2) is 15.1. The molecule has 1 saturated heterocycles. The van der Waals surface area contributed by atoms with Crippen LogP contribution in [-0.2, 0) is 37.4 Å². The van der Waals surface area contributed by atoms with Crippen molar-refractivity contribution in [3.05, 3.63) is 6.42 Å². The number of ether oxygens (including phenoxy) is 1. The molecule has 1 fully saturated rings. The van der Waals surface area contributed by atoms with Crippen molar-refractivity contribution >= 4 is 0 Å². The van der Waals surface area contributed by atoms with Crippen LogP contribution in [0.25, 0.3) is 0 Å². The molecule has 31 heavy (non-hydrogen) atoms. The van der Waals surface area contributed by atoms with Crippen molar-refractivity contribution in [3.8, 4) is 0 Å². The summed E-state index contributed by atoms with van der Waals surface area (Å²) < 4.78 is 5.71. The number of hydrogen-bond donors (Lipinski definition) is 2. The van der Waals surface area contributed by atoms with Crippen molar-refractivity contribution in [2.45, 2.75) is 108 Å². The SMILES string of the molecule is CC1C(O)OC(CC(C)(C)C)C(C)C1C.CNCC(C)C(C)C(C)[CH-]CC(C)(C)C.[Y]. The normalized spacial score (nSPS) is 29.8. The van der Waals surface area contributed by atoms with Crippen LogP contribution in [0.2, 0.25) is 0 Å². The van der Waals surface area contributed by atoms with Crippen LogP contribution < -0.4 is 5.32 Å². The van der Waals surface area contributed by atoms with Gasteiger partial charge in [-0.3, -0.25) is 0 Å². The molecule has 1 heterocycles. The number of hydrogen-bond acceptors (Lipinski definition) is 3. The van der Waals surface area contributed by atoms with Crippen LogP contribution in [0, 0.1) is 52.8 Å². The minimum atomic E-state index is -0.580. The second-order valence-electron chi connectivity index (χ2n) is 12.7. The monoisotopic (exact) mass is 515 g/mol. The van der Waals surface area contributed by atoms with Gasteiger partial charge in [0.05, 0.1) is 6.10 Å². The first-order chi connectivity index (χ1) is 13.5. The van der Waals surface area contributed by atoms with Crippen molar-refractivity contribution in [1.29, 1.82) is 0 Å². The Morgan fingerprint density at radius 3 is 1.84 bits per heavy atom. The molecule has 0 aromatic heterocycles. The molecule has 0 spiro atoms. The van der Waals surface area contributed by atoms with Crippen LogP contribution in [0.1, 0.15) is 95.9 Å². The van der Waals surface area contributed by atoms with Gasteiger partial charge < -0.3 is 21.6 Å². The first kappa shape index (κ1) is 34.2. The van der Waals surface area contributed by atoms with Crippen LogP contribution in [0.3, 0.4) is 0 Å². The smallest absolute Gasteiger partial charge is 0.157 e. The van der Waals surface area contributed by atoms with Crippen molar-refractivity contribution in [2.24, 2.45) is 46.3 Å². The fourth-order valence-electron chi connectivity index (χ4n) is 4.12. The third-order valence-corrected chi connectivity index (χ3v) is 7.18. The summed E-state index contributed by atoms with van der Waals surface area (Å²) >= 11 is 0. The van der Waals surface area contributed by atoms with Gasteiger partial charge in [-0.2, -0.15) is 12.3 Å². The van der Waals surface area contributed by atoms with Gasteiger partial charge in [0.1, 0.15) is 0 Å². The van der Waals surface area contributed by atoms with E-state index in [-0.39, 0.29) is 50.1 Å². The van der Waals surface area contributed by atoms with Crippen molar-refractivity contribution < 1.29 is 42.6 Å². The summed E-state index contributed by atoms with van der Waals surface area (Å²) in [5.74, 6) is 3.54. The Morgan fingerprint density at radius 1 is 0.903 bits per heavy atom. The fraction of sp³-hybridized carbons (Fsp3) is 0.963. The second-order valence-corrected chi connectivity index (χ2v) is 12.7. The van der Waals surface area contributed by atoms with E-state index in [1.165, 1.54) is 6.42 Å². The summed E-state index contributed by atoms with van der Waals surface area (Å²) in [4.78, 5) is 0. The average Bonchev–Trinajstić information content (AvgIpc) is 2.60. The number of aliphatic hydroxyl groups is 1. The van der Waals surface area contributed by atoms with Crippen molar-refractivity contribution in [2.75, 3.05) is 13.6 Å². The Labute approximate surface area is 221 Å². The van der Waals surface area contributed by atoms with Crippen LogP contribution in [-0.4, -0.2) is 31.1 Å². The molecule has 1 rings (SSSR count). The van der Waals surface area contributed by atoms with E-state index in [9.17, 15) is 5.11 Å². The minimum absolute atomic E-state index is 0. The summed E-state index contributed by atoms with van der Waals surface area (Å²) in [7, 11) is 2.03. The zero-order valence-corrected chi connectivity index (χ0v) is 26.1. The van der Waals surface area contributed by atoms with E-state index < -0.39 is 6.29 Å². The molecule has 185 valence electrons. The number of nitrogens with one attached hydrogen (secondary N) is 1. The van der Waals surface area contributed by atoms with Crippen LogP contribution in [0.4, 0.5) is 0 Å². The van der Waals surface area contributed by atoms with E-state index in [2.05, 4.69) is 94.8 Å². The summed E-state index contributed by atoms with van der Waals surface area (Å²) in [6.45, 7) is 28.3. The summed E-state index contributed by atoms with van der Waals surface area (Å²) in [6, 6.07) is 0. The molecule has 0 aromatic rings. The summed E-state index contributed by atoms with van der Waals surface area (Å²) in [5.41, 5.74) is 0.694. The molecule has 0 aromatic carbocycles. The van der Waals surface area contributed by atoms with Gasteiger partial charge in [0.25, 0.3) is 0 Å². The Morgan fingerprint density at radius 2 is 1.42 bits per heavy atom. The maximum absolute atomic E-state index is 9.81. The van der Waals surface area contributed by atoms with Gasteiger partial charge in [0.2, 0.25) is 0 Å². The van der Waals surface area contributed by atoms with E-state index in [0.717, 1.165) is 24.8 Å². The Balaban J connectivity index is 0. The fourth-order valence-corrected chi connectivity index (χ4v) is 4.12. The molecule has 4 heteroatoms. The van der Waals surface area contributed by atoms with Crippen molar-refractivity contribution in [3.63, 3.8) is 0 Å². The van der Waals surface area contributed by atoms with Crippen LogP contribution in [0.5, 0.6) is 0 Å². The van der Waals surface area contributed by atoms with E-state index in [0.29, 0.717) is 23.2 Å². The van der Waals surface area contributed by atoms with Crippen molar-refractivity contribution in [1.82, 2.24) is 5.32 Å². The molecule has 0 bridgehead atoms. The third kappa shape index (κ3) is 14.1.